The van der Waals surface area contributed by atoms with E-state index in [0.29, 0.717) is 0 Å². The maximum Gasteiger partial charge on any atom is 0.320 e. The molecule has 13 heteroatoms. The van der Waals surface area contributed by atoms with Crippen LogP contribution in [0.25, 0.3) is 0 Å². The third-order valence-electron chi connectivity index (χ3n) is 5.96. The molecule has 0 spiro atoms. The number of aliphatic carboxylic acids is 4. The molecule has 1 heterocycles. The van der Waals surface area contributed by atoms with Crippen molar-refractivity contribution in [3.05, 3.63) is 0 Å². The van der Waals surface area contributed by atoms with Crippen LogP contribution in [0, 0.1) is 5.92 Å². The predicted molar refractivity (Wildman–Crippen MR) is 116 cm³/mol. The third-order valence-corrected chi connectivity index (χ3v) is 5.96. The van der Waals surface area contributed by atoms with Gasteiger partial charge in [0, 0.05) is 84.3 Å². The Hall–Kier alpha value is -2.61. The van der Waals surface area contributed by atoms with Crippen LogP contribution in [0.1, 0.15) is 26.7 Å². The number of hydrogen-bond acceptors (Lipinski definition) is 12. The molecule has 0 aliphatic carbocycles. The van der Waals surface area contributed by atoms with E-state index >= 15 is 0 Å². The number of hydrogen-bond donors (Lipinski definition) is 1. The zero-order valence-electron chi connectivity index (χ0n) is 20.3. The quantitative estimate of drug-likeness (QED) is 0.269. The van der Waals surface area contributed by atoms with Crippen LogP contribution in [0.2, 0.25) is 0 Å². The van der Waals surface area contributed by atoms with Crippen molar-refractivity contribution in [1.82, 2.24) is 19.6 Å². The van der Waals surface area contributed by atoms with Crippen molar-refractivity contribution in [2.75, 3.05) is 72.0 Å². The summed E-state index contributed by atoms with van der Waals surface area (Å²) in [5.74, 6) is -5.42. The second-order valence-corrected chi connectivity index (χ2v) is 8.99. The molecule has 13 nitrogen and oxygen atoms in total. The van der Waals surface area contributed by atoms with Crippen LogP contribution in [-0.2, 0) is 24.0 Å². The summed E-state index contributed by atoms with van der Waals surface area (Å²) in [6, 6.07) is -1.02. The van der Waals surface area contributed by atoms with E-state index in [1.807, 2.05) is 0 Å². The summed E-state index contributed by atoms with van der Waals surface area (Å²) in [6.07, 6.45) is 0.127. The molecule has 35 heavy (non-hydrogen) atoms. The third kappa shape index (κ3) is 12.6. The number of carbonyl (C=O) groups is 5. The van der Waals surface area contributed by atoms with Gasteiger partial charge in [0.1, 0.15) is 11.8 Å². The maximum atomic E-state index is 12.1. The highest BCUT2D eigenvalue weighted by molar-refractivity contribution is 5.81. The largest absolute Gasteiger partial charge is 0.549 e. The zero-order valence-corrected chi connectivity index (χ0v) is 20.3. The van der Waals surface area contributed by atoms with Crippen LogP contribution < -0.4 is 15.3 Å². The van der Waals surface area contributed by atoms with Crippen molar-refractivity contribution in [3.63, 3.8) is 0 Å². The molecule has 0 aromatic heterocycles. The molecule has 1 rings (SSSR count). The average molecular weight is 500 g/mol. The molecule has 0 aromatic rings. The highest BCUT2D eigenvalue weighted by Crippen LogP contribution is 2.12. The van der Waals surface area contributed by atoms with E-state index in [-0.39, 0.29) is 76.9 Å². The lowest BCUT2D eigenvalue weighted by Gasteiger charge is -2.36. The molecule has 0 bridgehead atoms. The minimum absolute atomic E-state index is 0.0622. The molecule has 0 aromatic carbocycles. The van der Waals surface area contributed by atoms with Crippen LogP contribution in [-0.4, -0.2) is 132 Å². The average Bonchev–Trinajstić information content (AvgIpc) is 2.73. The Morgan fingerprint density at radius 1 is 0.686 bits per heavy atom. The Bertz CT molecular complexity index is 714. The fraction of sp³-hybridized carbons (Fsp3) is 0.773. The fourth-order valence-electron chi connectivity index (χ4n) is 3.92. The van der Waals surface area contributed by atoms with Crippen molar-refractivity contribution in [1.29, 1.82) is 0 Å². The number of carboxylic acid groups (broad SMARTS) is 4. The molecule has 1 N–H and O–H groups in total. The van der Waals surface area contributed by atoms with Crippen molar-refractivity contribution in [2.24, 2.45) is 5.92 Å². The summed E-state index contributed by atoms with van der Waals surface area (Å²) in [5, 5.41) is 43.4. The van der Waals surface area contributed by atoms with E-state index in [9.17, 15) is 44.4 Å². The highest BCUT2D eigenvalue weighted by atomic mass is 16.4. The van der Waals surface area contributed by atoms with E-state index in [1.165, 1.54) is 14.7 Å². The van der Waals surface area contributed by atoms with Gasteiger partial charge in [0.05, 0.1) is 17.9 Å². The number of carboxylic acids is 4. The van der Waals surface area contributed by atoms with Crippen molar-refractivity contribution < 1.29 is 44.4 Å². The van der Waals surface area contributed by atoms with Gasteiger partial charge in [0.25, 0.3) is 0 Å². The molecule has 1 fully saturated rings. The summed E-state index contributed by atoms with van der Waals surface area (Å²) >= 11 is 0. The number of Topliss-reactive ketones (excluding diaryl/α,β-unsaturated/α-hetero) is 1. The van der Waals surface area contributed by atoms with Crippen LogP contribution in [0.15, 0.2) is 0 Å². The lowest BCUT2D eigenvalue weighted by molar-refractivity contribution is -0.308. The van der Waals surface area contributed by atoms with Crippen molar-refractivity contribution >= 4 is 29.7 Å². The molecule has 200 valence electrons. The summed E-state index contributed by atoms with van der Waals surface area (Å²) < 4.78 is 0. The number of ketones is 1. The maximum absolute atomic E-state index is 12.1. The predicted octanol–water partition coefficient (Wildman–Crippen LogP) is -5.08. The molecule has 1 saturated heterocycles. The smallest absolute Gasteiger partial charge is 0.320 e. The summed E-state index contributed by atoms with van der Waals surface area (Å²) in [5.41, 5.74) is 0. The molecule has 0 unspecified atom stereocenters. The minimum atomic E-state index is -1.33. The first-order valence-electron chi connectivity index (χ1n) is 11.6. The molecular weight excluding hydrogens is 464 g/mol. The van der Waals surface area contributed by atoms with Crippen LogP contribution in [0.5, 0.6) is 0 Å². The molecule has 0 saturated carbocycles. The van der Waals surface area contributed by atoms with Gasteiger partial charge >= 0.3 is 5.97 Å². The Kier molecular flexibility index (Phi) is 13.4. The van der Waals surface area contributed by atoms with E-state index in [1.54, 1.807) is 18.7 Å². The Balaban J connectivity index is 3.13. The van der Waals surface area contributed by atoms with Crippen molar-refractivity contribution in [2.45, 2.75) is 32.7 Å². The van der Waals surface area contributed by atoms with Gasteiger partial charge in [-0.05, 0) is 6.42 Å². The van der Waals surface area contributed by atoms with E-state index in [4.69, 9.17) is 0 Å². The number of carbonyl (C=O) groups excluding carboxylic acids is 4. The van der Waals surface area contributed by atoms with Gasteiger partial charge in [-0.2, -0.15) is 0 Å². The Morgan fingerprint density at radius 2 is 1.03 bits per heavy atom. The standard InChI is InChI=1S/C22H38N4O9/c1-16(2)18(27)4-3-17(22(34)35)26-11-9-24(14-20(30)31)7-5-23(13-19(28)29)6-8-25(10-12-26)15-21(32)33/h16-17H,3-15H2,1-2H3,(H,28,29)(H,30,31)(H,32,33)(H,34,35)/p-3/t17-/m1/s1. The monoisotopic (exact) mass is 499 g/mol. The van der Waals surface area contributed by atoms with Gasteiger partial charge in [-0.25, -0.2) is 0 Å². The number of rotatable bonds is 12. The van der Waals surface area contributed by atoms with E-state index in [0.717, 1.165) is 0 Å². The van der Waals surface area contributed by atoms with Crippen LogP contribution >= 0.6 is 0 Å². The second-order valence-electron chi connectivity index (χ2n) is 8.99. The van der Waals surface area contributed by atoms with Gasteiger partial charge in [-0.3, -0.25) is 29.2 Å². The summed E-state index contributed by atoms with van der Waals surface area (Å²) in [4.78, 5) is 63.9. The fourth-order valence-corrected chi connectivity index (χ4v) is 3.92. The molecule has 1 aliphatic heterocycles. The lowest BCUT2D eigenvalue weighted by Crippen LogP contribution is -2.53. The molecule has 0 amide bonds. The van der Waals surface area contributed by atoms with Crippen LogP contribution in [0.4, 0.5) is 0 Å². The van der Waals surface area contributed by atoms with Gasteiger partial charge < -0.3 is 34.8 Å². The normalized spacial score (nSPS) is 18.9. The Morgan fingerprint density at radius 3 is 1.31 bits per heavy atom. The van der Waals surface area contributed by atoms with Gasteiger partial charge in [-0.1, -0.05) is 13.8 Å². The van der Waals surface area contributed by atoms with Gasteiger partial charge in [0.15, 0.2) is 0 Å². The van der Waals surface area contributed by atoms with E-state index < -0.39 is 49.6 Å². The first-order valence-corrected chi connectivity index (χ1v) is 11.6. The second kappa shape index (κ2) is 15.4. The molecule has 0 radical (unpaired) electrons. The van der Waals surface area contributed by atoms with E-state index in [2.05, 4.69) is 0 Å². The zero-order chi connectivity index (χ0) is 26.5. The minimum Gasteiger partial charge on any atom is -0.549 e. The van der Waals surface area contributed by atoms with Gasteiger partial charge in [-0.15, -0.1) is 0 Å². The first kappa shape index (κ1) is 30.4. The Labute approximate surface area is 204 Å². The van der Waals surface area contributed by atoms with Crippen LogP contribution in [0.3, 0.4) is 0 Å². The molecule has 1 aliphatic rings. The molecule has 1 atom stereocenters. The van der Waals surface area contributed by atoms with Crippen molar-refractivity contribution in [3.8, 4) is 0 Å². The SMILES string of the molecule is CC(C)C(=O)CC[C@H](C(=O)O)N1CCN(CC(=O)[O-])CCN(CC(=O)[O-])CCN(CC(=O)[O-])CC1. The summed E-state index contributed by atoms with van der Waals surface area (Å²) in [6.45, 7) is 3.46. The molecular formula is C22H35N4O9-3. The number of nitrogens with zero attached hydrogens (tertiary/aromatic N) is 4. The first-order chi connectivity index (χ1) is 16.4. The highest BCUT2D eigenvalue weighted by Gasteiger charge is 2.28. The van der Waals surface area contributed by atoms with Gasteiger partial charge in [0.2, 0.25) is 0 Å². The lowest BCUT2D eigenvalue weighted by atomic mass is 10.0. The topological polar surface area (TPSA) is 188 Å². The summed E-state index contributed by atoms with van der Waals surface area (Å²) in [7, 11) is 0.